The molecule has 4 aromatic heterocycles. The molecule has 0 fully saturated rings. The Morgan fingerprint density at radius 2 is 1.18 bits per heavy atom. The van der Waals surface area contributed by atoms with Gasteiger partial charge in [-0.15, -0.1) is 0 Å². The van der Waals surface area contributed by atoms with E-state index in [4.69, 9.17) is 19.9 Å². The molecule has 0 aliphatic heterocycles. The van der Waals surface area contributed by atoms with Crippen molar-refractivity contribution in [1.29, 1.82) is 0 Å². The Labute approximate surface area is 359 Å². The van der Waals surface area contributed by atoms with Crippen molar-refractivity contribution in [2.45, 2.75) is 38.5 Å². The van der Waals surface area contributed by atoms with E-state index in [1.54, 1.807) is 95.5 Å². The average molecular weight is 854 g/mol. The number of benzene rings is 1. The molecule has 0 bridgehead atoms. The molecule has 3 amide bonds. The summed E-state index contributed by atoms with van der Waals surface area (Å²) < 4.78 is 22.3. The normalized spacial score (nSPS) is 11.0. The van der Waals surface area contributed by atoms with Crippen molar-refractivity contribution >= 4 is 58.0 Å². The summed E-state index contributed by atoms with van der Waals surface area (Å²) in [4.78, 5) is 79.6. The summed E-state index contributed by atoms with van der Waals surface area (Å²) in [6.45, 7) is 1.07. The number of ether oxygens (including phenoxy) is 3. The number of amides is 3. The van der Waals surface area contributed by atoms with Gasteiger partial charge in [-0.3, -0.25) is 24.0 Å². The van der Waals surface area contributed by atoms with Gasteiger partial charge in [0, 0.05) is 84.4 Å². The van der Waals surface area contributed by atoms with Gasteiger partial charge >= 0.3 is 5.97 Å². The molecule has 0 atom stereocenters. The summed E-state index contributed by atoms with van der Waals surface area (Å²) in [5, 5.41) is 8.48. The van der Waals surface area contributed by atoms with Gasteiger partial charge < -0.3 is 59.1 Å². The number of unbranched alkanes of at least 4 members (excludes halogenated alkanes) is 1. The minimum Gasteiger partial charge on any atom is -0.493 e. The summed E-state index contributed by atoms with van der Waals surface area (Å²) in [7, 11) is 13.5. The molecule has 0 radical (unpaired) electrons. The van der Waals surface area contributed by atoms with Crippen molar-refractivity contribution in [3.8, 4) is 11.5 Å². The number of carbonyl (C=O) groups is 6. The SMILES string of the molecule is COC(=O)c1cc(OC)c(OCCCC(=O)Nc2cc(C(=O)Nc3cc(C(=O)Cc4cc(C(=O)Nc5cc(C(=O)CCCCN(C)C)n(C)c5)n(C)c4)n(C)c3)n(C)c2)cc1N. The molecule has 0 spiro atoms. The first kappa shape index (κ1) is 46.0. The second-order valence-corrected chi connectivity index (χ2v) is 15.3. The van der Waals surface area contributed by atoms with Crippen molar-refractivity contribution < 1.29 is 43.0 Å². The van der Waals surface area contributed by atoms with Crippen LogP contribution in [0.1, 0.15) is 90.0 Å². The maximum atomic E-state index is 13.5. The number of hydrogen-bond donors (Lipinski definition) is 4. The van der Waals surface area contributed by atoms with Crippen LogP contribution in [0.3, 0.4) is 0 Å². The van der Waals surface area contributed by atoms with Crippen LogP contribution >= 0.6 is 0 Å². The van der Waals surface area contributed by atoms with E-state index < -0.39 is 11.9 Å². The Hall–Kier alpha value is -7.08. The topological polar surface area (TPSA) is 215 Å². The highest BCUT2D eigenvalue weighted by molar-refractivity contribution is 6.07. The molecule has 5 N–H and O–H groups in total. The monoisotopic (exact) mass is 853 g/mol. The molecule has 62 heavy (non-hydrogen) atoms. The number of nitrogens with one attached hydrogen (secondary N) is 3. The van der Waals surface area contributed by atoms with Crippen molar-refractivity contribution in [2.75, 3.05) is 63.2 Å². The van der Waals surface area contributed by atoms with Gasteiger partial charge in [0.2, 0.25) is 5.91 Å². The van der Waals surface area contributed by atoms with Crippen molar-refractivity contribution in [2.24, 2.45) is 28.2 Å². The number of ketones is 2. The molecule has 0 aliphatic rings. The molecule has 5 aromatic rings. The molecular weight excluding hydrogens is 799 g/mol. The zero-order chi connectivity index (χ0) is 45.2. The first-order valence-corrected chi connectivity index (χ1v) is 19.9. The van der Waals surface area contributed by atoms with E-state index >= 15 is 0 Å². The molecule has 4 heterocycles. The number of aromatic nitrogens is 4. The smallest absolute Gasteiger partial charge is 0.340 e. The molecule has 18 nitrogen and oxygen atoms in total. The van der Waals surface area contributed by atoms with Gasteiger partial charge in [-0.05, 0) is 69.7 Å². The Kier molecular flexibility index (Phi) is 15.2. The van der Waals surface area contributed by atoms with Crippen LogP contribution in [0, 0.1) is 0 Å². The van der Waals surface area contributed by atoms with Crippen LogP contribution in [0.25, 0.3) is 0 Å². The number of nitrogens with zero attached hydrogens (tertiary/aromatic N) is 5. The van der Waals surface area contributed by atoms with E-state index in [1.807, 2.05) is 14.1 Å². The Balaban J connectivity index is 1.11. The standard InChI is InChI=1S/C44H55N9O9/c1-49(2)14-10-9-12-37(54)33-18-29(25-51(33)4)47-42(57)35-16-27(23-50(35)3)17-38(55)34-19-30(26-52(34)5)48-43(58)36-20-28(24-53(36)6)46-41(56)13-11-15-62-40-22-32(45)31(44(59)61-8)21-39(40)60-7/h16,18-26H,9-15,17,45H2,1-8H3,(H,46,56)(H,47,57)(H,48,58). The number of aryl methyl sites for hydroxylation is 4. The van der Waals surface area contributed by atoms with Gasteiger partial charge in [-0.1, -0.05) is 0 Å². The molecule has 18 heteroatoms. The summed E-state index contributed by atoms with van der Waals surface area (Å²) >= 11 is 0. The highest BCUT2D eigenvalue weighted by Gasteiger charge is 2.21. The van der Waals surface area contributed by atoms with E-state index in [9.17, 15) is 28.8 Å². The van der Waals surface area contributed by atoms with E-state index in [0.717, 1.165) is 19.4 Å². The maximum absolute atomic E-state index is 13.5. The Morgan fingerprint density at radius 3 is 1.77 bits per heavy atom. The Bertz CT molecular complexity index is 2470. The van der Waals surface area contributed by atoms with Gasteiger partial charge in [0.25, 0.3) is 11.8 Å². The fourth-order valence-electron chi connectivity index (χ4n) is 6.92. The second kappa shape index (κ2) is 20.5. The van der Waals surface area contributed by atoms with Crippen LogP contribution in [0.5, 0.6) is 11.5 Å². The summed E-state index contributed by atoms with van der Waals surface area (Å²) in [5.74, 6) is -1.34. The van der Waals surface area contributed by atoms with Crippen LogP contribution in [-0.2, 0) is 44.1 Å². The zero-order valence-electron chi connectivity index (χ0n) is 36.4. The first-order valence-electron chi connectivity index (χ1n) is 19.9. The average Bonchev–Trinajstić information content (AvgIpc) is 3.98. The second-order valence-electron chi connectivity index (χ2n) is 15.3. The zero-order valence-corrected chi connectivity index (χ0v) is 36.4. The number of rotatable bonds is 21. The maximum Gasteiger partial charge on any atom is 0.340 e. The molecule has 0 unspecified atom stereocenters. The fourth-order valence-corrected chi connectivity index (χ4v) is 6.92. The minimum absolute atomic E-state index is 0.00410. The van der Waals surface area contributed by atoms with Gasteiger partial charge in [-0.25, -0.2) is 4.79 Å². The third-order valence-electron chi connectivity index (χ3n) is 10.1. The number of carbonyl (C=O) groups excluding carboxylic acids is 6. The molecule has 0 saturated heterocycles. The molecule has 0 saturated carbocycles. The third kappa shape index (κ3) is 11.6. The van der Waals surface area contributed by atoms with Crippen LogP contribution in [0.4, 0.5) is 22.7 Å². The number of methoxy groups -OCH3 is 2. The molecule has 330 valence electrons. The number of nitrogen functional groups attached to an aromatic ring is 1. The highest BCUT2D eigenvalue weighted by Crippen LogP contribution is 2.33. The number of nitrogens with two attached hydrogens (primary N) is 1. The van der Waals surface area contributed by atoms with E-state index in [0.29, 0.717) is 58.3 Å². The molecule has 0 aliphatic carbocycles. The predicted octanol–water partition coefficient (Wildman–Crippen LogP) is 5.06. The minimum atomic E-state index is -0.608. The molecule has 1 aromatic carbocycles. The Morgan fingerprint density at radius 1 is 0.629 bits per heavy atom. The number of esters is 1. The lowest BCUT2D eigenvalue weighted by atomic mass is 10.1. The molecule has 5 rings (SSSR count). The summed E-state index contributed by atoms with van der Waals surface area (Å²) in [6, 6.07) is 9.35. The van der Waals surface area contributed by atoms with Gasteiger partial charge in [0.15, 0.2) is 23.1 Å². The van der Waals surface area contributed by atoms with Gasteiger partial charge in [0.05, 0.1) is 60.5 Å². The highest BCUT2D eigenvalue weighted by atomic mass is 16.5. The van der Waals surface area contributed by atoms with Crippen LogP contribution in [0.15, 0.2) is 61.2 Å². The number of hydrogen-bond acceptors (Lipinski definition) is 11. The van der Waals surface area contributed by atoms with Crippen molar-refractivity contribution in [1.82, 2.24) is 23.2 Å². The largest absolute Gasteiger partial charge is 0.493 e. The quantitative estimate of drug-likeness (QED) is 0.0331. The van der Waals surface area contributed by atoms with Crippen LogP contribution in [0.2, 0.25) is 0 Å². The van der Waals surface area contributed by atoms with Crippen molar-refractivity contribution in [3.63, 3.8) is 0 Å². The van der Waals surface area contributed by atoms with E-state index in [2.05, 4.69) is 20.9 Å². The third-order valence-corrected chi connectivity index (χ3v) is 10.1. The van der Waals surface area contributed by atoms with Gasteiger partial charge in [-0.2, -0.15) is 0 Å². The summed E-state index contributed by atoms with van der Waals surface area (Å²) in [5.41, 5.74) is 9.69. The van der Waals surface area contributed by atoms with Crippen LogP contribution in [-0.4, -0.2) is 99.9 Å². The van der Waals surface area contributed by atoms with Crippen molar-refractivity contribution in [3.05, 3.63) is 95.1 Å². The first-order chi connectivity index (χ1) is 29.5. The lowest BCUT2D eigenvalue weighted by Crippen LogP contribution is -2.15. The number of anilines is 4. The van der Waals surface area contributed by atoms with Gasteiger partial charge in [0.1, 0.15) is 11.4 Å². The van der Waals surface area contributed by atoms with E-state index in [-0.39, 0.29) is 65.5 Å². The fraction of sp³-hybridized carbons (Fsp3) is 0.364. The lowest BCUT2D eigenvalue weighted by Gasteiger charge is -2.13. The van der Waals surface area contributed by atoms with Crippen LogP contribution < -0.4 is 31.2 Å². The lowest BCUT2D eigenvalue weighted by molar-refractivity contribution is -0.116. The number of Topliss-reactive ketones (excluding diaryl/α,β-unsaturated/α-hetero) is 2. The molecular formula is C44H55N9O9. The summed E-state index contributed by atoms with van der Waals surface area (Å²) in [6.07, 6.45) is 9.25. The predicted molar refractivity (Wildman–Crippen MR) is 234 cm³/mol. The van der Waals surface area contributed by atoms with E-state index in [1.165, 1.54) is 26.4 Å².